The second-order valence-electron chi connectivity index (χ2n) is 8.02. The van der Waals surface area contributed by atoms with Crippen molar-refractivity contribution in [2.45, 2.75) is 45.8 Å². The minimum absolute atomic E-state index is 0.139. The molecule has 1 aromatic carbocycles. The number of amides is 1. The number of benzene rings is 1. The summed E-state index contributed by atoms with van der Waals surface area (Å²) in [6.45, 7) is 8.94. The third-order valence-electron chi connectivity index (χ3n) is 5.85. The number of nitrogens with one attached hydrogen (secondary N) is 1. The van der Waals surface area contributed by atoms with Crippen LogP contribution in [0.15, 0.2) is 40.9 Å². The summed E-state index contributed by atoms with van der Waals surface area (Å²) < 4.78 is 7.09. The molecular formula is C26H28N4O3S3. The maximum absolute atomic E-state index is 13.0. The highest BCUT2D eigenvalue weighted by molar-refractivity contribution is 7.99. The molecule has 0 aliphatic carbocycles. The fourth-order valence-electron chi connectivity index (χ4n) is 4.16. The van der Waals surface area contributed by atoms with E-state index < -0.39 is 5.97 Å². The number of thiophene rings is 2. The number of nitrogens with zero attached hydrogens (tertiary/aromatic N) is 3. The smallest absolute Gasteiger partial charge is 0.341 e. The van der Waals surface area contributed by atoms with Gasteiger partial charge in [-0.2, -0.15) is 0 Å². The first-order chi connectivity index (χ1) is 17.4. The van der Waals surface area contributed by atoms with Crippen LogP contribution in [0, 0.1) is 13.8 Å². The number of anilines is 1. The van der Waals surface area contributed by atoms with Gasteiger partial charge in [0.25, 0.3) is 0 Å². The highest BCUT2D eigenvalue weighted by Gasteiger charge is 2.25. The molecule has 0 aliphatic heterocycles. The third kappa shape index (κ3) is 5.11. The minimum Gasteiger partial charge on any atom is -0.465 e. The summed E-state index contributed by atoms with van der Waals surface area (Å²) in [6, 6.07) is 9.64. The molecule has 0 unspecified atom stereocenters. The van der Waals surface area contributed by atoms with E-state index in [0.717, 1.165) is 33.8 Å². The van der Waals surface area contributed by atoms with Crippen LogP contribution < -0.4 is 5.32 Å². The van der Waals surface area contributed by atoms with Crippen molar-refractivity contribution >= 4 is 51.3 Å². The molecule has 0 saturated carbocycles. The number of ether oxygens (including phenoxy) is 1. The van der Waals surface area contributed by atoms with Crippen LogP contribution in [0.5, 0.6) is 0 Å². The lowest BCUT2D eigenvalue weighted by Crippen LogP contribution is -2.16. The quantitative estimate of drug-likeness (QED) is 0.194. The summed E-state index contributed by atoms with van der Waals surface area (Å²) in [6.07, 6.45) is 0.930. The number of methoxy groups -OCH3 is 1. The van der Waals surface area contributed by atoms with Crippen molar-refractivity contribution in [3.63, 3.8) is 0 Å². The van der Waals surface area contributed by atoms with Crippen molar-refractivity contribution in [2.24, 2.45) is 0 Å². The van der Waals surface area contributed by atoms with E-state index in [1.807, 2.05) is 48.7 Å². The van der Waals surface area contributed by atoms with Crippen LogP contribution in [-0.4, -0.2) is 39.5 Å². The molecule has 3 aromatic heterocycles. The lowest BCUT2D eigenvalue weighted by Gasteiger charge is -2.09. The lowest BCUT2D eigenvalue weighted by molar-refractivity contribution is -0.113. The highest BCUT2D eigenvalue weighted by atomic mass is 32.2. The van der Waals surface area contributed by atoms with Crippen molar-refractivity contribution in [2.75, 3.05) is 18.2 Å². The normalized spacial score (nSPS) is 11.0. The number of aryl methyl sites for hydroxylation is 2. The molecule has 36 heavy (non-hydrogen) atoms. The molecule has 4 aromatic rings. The zero-order chi connectivity index (χ0) is 25.8. The maximum atomic E-state index is 13.0. The summed E-state index contributed by atoms with van der Waals surface area (Å²) in [7, 11) is 1.35. The van der Waals surface area contributed by atoms with Gasteiger partial charge in [-0.15, -0.1) is 32.9 Å². The second-order valence-corrected chi connectivity index (χ2v) is 11.3. The molecule has 0 atom stereocenters. The van der Waals surface area contributed by atoms with E-state index in [1.165, 1.54) is 40.6 Å². The fraction of sp³-hybridized carbons (Fsp3) is 0.308. The number of thioether (sulfide) groups is 1. The molecule has 0 saturated heterocycles. The van der Waals surface area contributed by atoms with Crippen LogP contribution >= 0.6 is 34.4 Å². The molecule has 1 N–H and O–H groups in total. The number of aromatic nitrogens is 3. The van der Waals surface area contributed by atoms with Gasteiger partial charge in [-0.05, 0) is 38.3 Å². The SMILES string of the molecule is CCc1c(-c2nnc(SCC(=O)Nc3sc(C)c(-c4ccccc4)c3C(=O)OC)n2CC)csc1C. The number of carbonyl (C=O) groups excluding carboxylic acids is 2. The van der Waals surface area contributed by atoms with Gasteiger partial charge in [-0.1, -0.05) is 49.0 Å². The van der Waals surface area contributed by atoms with Gasteiger partial charge in [0.2, 0.25) is 5.91 Å². The van der Waals surface area contributed by atoms with E-state index in [9.17, 15) is 9.59 Å². The molecule has 0 fully saturated rings. The van der Waals surface area contributed by atoms with Gasteiger partial charge in [0.05, 0.1) is 12.9 Å². The summed E-state index contributed by atoms with van der Waals surface area (Å²) in [5, 5.41) is 15.1. The van der Waals surface area contributed by atoms with Crippen LogP contribution in [0.1, 0.15) is 39.5 Å². The first-order valence-electron chi connectivity index (χ1n) is 11.6. The van der Waals surface area contributed by atoms with Crippen LogP contribution in [0.4, 0.5) is 5.00 Å². The van der Waals surface area contributed by atoms with Crippen LogP contribution in [0.25, 0.3) is 22.5 Å². The van der Waals surface area contributed by atoms with Crippen molar-refractivity contribution in [3.8, 4) is 22.5 Å². The highest BCUT2D eigenvalue weighted by Crippen LogP contribution is 2.40. The molecular weight excluding hydrogens is 513 g/mol. The maximum Gasteiger partial charge on any atom is 0.341 e. The molecule has 3 heterocycles. The largest absolute Gasteiger partial charge is 0.465 e. The topological polar surface area (TPSA) is 86.1 Å². The Balaban J connectivity index is 1.54. The zero-order valence-electron chi connectivity index (χ0n) is 20.9. The summed E-state index contributed by atoms with van der Waals surface area (Å²) in [5.41, 5.74) is 4.46. The molecule has 7 nitrogen and oxygen atoms in total. The number of carbonyl (C=O) groups is 2. The Morgan fingerprint density at radius 1 is 1.11 bits per heavy atom. The fourth-order valence-corrected chi connectivity index (χ4v) is 6.98. The van der Waals surface area contributed by atoms with E-state index in [4.69, 9.17) is 4.74 Å². The van der Waals surface area contributed by atoms with Gasteiger partial charge in [0, 0.05) is 32.8 Å². The second kappa shape index (κ2) is 11.4. The molecule has 188 valence electrons. The van der Waals surface area contributed by atoms with Gasteiger partial charge < -0.3 is 14.6 Å². The zero-order valence-corrected chi connectivity index (χ0v) is 23.3. The van der Waals surface area contributed by atoms with Crippen LogP contribution in [-0.2, 0) is 22.5 Å². The summed E-state index contributed by atoms with van der Waals surface area (Å²) in [4.78, 5) is 27.9. The van der Waals surface area contributed by atoms with Gasteiger partial charge in [0.1, 0.15) is 10.6 Å². The number of hydrogen-bond donors (Lipinski definition) is 1. The number of esters is 1. The Morgan fingerprint density at radius 3 is 2.53 bits per heavy atom. The van der Waals surface area contributed by atoms with Crippen molar-refractivity contribution in [1.82, 2.24) is 14.8 Å². The number of hydrogen-bond acceptors (Lipinski definition) is 8. The molecule has 10 heteroatoms. The first-order valence-corrected chi connectivity index (χ1v) is 14.3. The van der Waals surface area contributed by atoms with E-state index in [1.54, 1.807) is 11.3 Å². The molecule has 0 radical (unpaired) electrons. The predicted octanol–water partition coefficient (Wildman–Crippen LogP) is 6.45. The molecule has 0 spiro atoms. The third-order valence-corrected chi connectivity index (χ3v) is 8.79. The summed E-state index contributed by atoms with van der Waals surface area (Å²) in [5.74, 6) is 0.267. The Kier molecular flexibility index (Phi) is 8.28. The first kappa shape index (κ1) is 26.1. The standard InChI is InChI=1S/C26H28N4O3S3/c1-6-18-15(3)34-13-19(18)23-28-29-26(30(23)7-2)35-14-20(31)27-24-22(25(32)33-5)21(16(4)36-24)17-11-9-8-10-12-17/h8-13H,6-7,14H2,1-5H3,(H,27,31). The van der Waals surface area contributed by atoms with Gasteiger partial charge in [0.15, 0.2) is 11.0 Å². The Bertz CT molecular complexity index is 1390. The minimum atomic E-state index is -0.477. The molecule has 0 aliphatic rings. The Hall–Kier alpha value is -2.95. The monoisotopic (exact) mass is 540 g/mol. The van der Waals surface area contributed by atoms with Gasteiger partial charge in [-0.25, -0.2) is 4.79 Å². The predicted molar refractivity (Wildman–Crippen MR) is 148 cm³/mol. The summed E-state index contributed by atoms with van der Waals surface area (Å²) >= 11 is 4.42. The number of rotatable bonds is 9. The molecule has 0 bridgehead atoms. The van der Waals surface area contributed by atoms with E-state index in [-0.39, 0.29) is 11.7 Å². The van der Waals surface area contributed by atoms with Crippen LogP contribution in [0.3, 0.4) is 0 Å². The molecule has 1 amide bonds. The van der Waals surface area contributed by atoms with E-state index in [0.29, 0.717) is 22.3 Å². The van der Waals surface area contributed by atoms with E-state index in [2.05, 4.69) is 34.7 Å². The van der Waals surface area contributed by atoms with Gasteiger partial charge >= 0.3 is 5.97 Å². The lowest BCUT2D eigenvalue weighted by atomic mass is 10.0. The Morgan fingerprint density at radius 2 is 1.86 bits per heavy atom. The van der Waals surface area contributed by atoms with Crippen molar-refractivity contribution in [1.29, 1.82) is 0 Å². The van der Waals surface area contributed by atoms with Crippen molar-refractivity contribution < 1.29 is 14.3 Å². The van der Waals surface area contributed by atoms with E-state index >= 15 is 0 Å². The average Bonchev–Trinajstić information content (AvgIpc) is 3.56. The van der Waals surface area contributed by atoms with Crippen LogP contribution in [0.2, 0.25) is 0 Å². The Labute approximate surface area is 222 Å². The van der Waals surface area contributed by atoms with Crippen molar-refractivity contribution in [3.05, 3.63) is 56.6 Å². The average molecular weight is 541 g/mol. The van der Waals surface area contributed by atoms with Gasteiger partial charge in [-0.3, -0.25) is 4.79 Å². The molecule has 4 rings (SSSR count).